The van der Waals surface area contributed by atoms with Crippen LogP contribution in [0, 0.1) is 11.8 Å². The van der Waals surface area contributed by atoms with Crippen LogP contribution in [0.1, 0.15) is 19.8 Å². The minimum absolute atomic E-state index is 0.105. The average molecular weight is 167 g/mol. The van der Waals surface area contributed by atoms with E-state index in [2.05, 4.69) is 13.5 Å². The highest BCUT2D eigenvalue weighted by atomic mass is 16.5. The van der Waals surface area contributed by atoms with Crippen LogP contribution in [0.25, 0.3) is 0 Å². The summed E-state index contributed by atoms with van der Waals surface area (Å²) in [6.45, 7) is 6.03. The van der Waals surface area contributed by atoms with Gasteiger partial charge in [-0.05, 0) is 23.8 Å². The second kappa shape index (κ2) is 2.33. The summed E-state index contributed by atoms with van der Waals surface area (Å²) in [5, 5.41) is 10.2. The normalized spacial score (nSPS) is 40.8. The van der Waals surface area contributed by atoms with Crippen LogP contribution in [0.2, 0.25) is 0 Å². The van der Waals surface area contributed by atoms with Crippen molar-refractivity contribution in [2.24, 2.45) is 11.8 Å². The summed E-state index contributed by atoms with van der Waals surface area (Å²) < 4.78 is 0. The zero-order valence-corrected chi connectivity index (χ0v) is 7.16. The first kappa shape index (κ1) is 7.80. The van der Waals surface area contributed by atoms with Crippen LogP contribution in [0.3, 0.4) is 0 Å². The van der Waals surface area contributed by atoms with Crippen molar-refractivity contribution in [3.8, 4) is 0 Å². The van der Waals surface area contributed by atoms with Crippen molar-refractivity contribution >= 4 is 5.91 Å². The summed E-state index contributed by atoms with van der Waals surface area (Å²) in [6.07, 6.45) is 1.30. The van der Waals surface area contributed by atoms with Gasteiger partial charge in [-0.3, -0.25) is 10.0 Å². The smallest absolute Gasteiger partial charge is 0.247 e. The largest absolute Gasteiger partial charge is 0.285 e. The molecule has 0 radical (unpaired) electrons. The Labute approximate surface area is 71.6 Å². The minimum atomic E-state index is -0.151. The predicted molar refractivity (Wildman–Crippen MR) is 43.4 cm³/mol. The molecule has 2 fully saturated rings. The number of carbonyl (C=O) groups excluding carboxylic acids is 1. The molecule has 3 atom stereocenters. The first-order valence-electron chi connectivity index (χ1n) is 4.31. The molecular formula is C9H13NO2. The molecule has 1 unspecified atom stereocenters. The number of rotatable bonds is 0. The number of nitrogens with zero attached hydrogens (tertiary/aromatic N) is 1. The summed E-state index contributed by atoms with van der Waals surface area (Å²) in [6, 6.07) is -0.105. The number of carbonyl (C=O) groups is 1. The van der Waals surface area contributed by atoms with Crippen LogP contribution in [-0.4, -0.2) is 22.2 Å². The van der Waals surface area contributed by atoms with E-state index in [4.69, 9.17) is 0 Å². The van der Waals surface area contributed by atoms with E-state index >= 15 is 0 Å². The van der Waals surface area contributed by atoms with Crippen LogP contribution >= 0.6 is 0 Å². The summed E-state index contributed by atoms with van der Waals surface area (Å²) in [5.74, 6) is 0.649. The molecule has 66 valence electrons. The number of hydroxylamine groups is 2. The Kier molecular flexibility index (Phi) is 1.51. The lowest BCUT2D eigenvalue weighted by atomic mass is 9.90. The van der Waals surface area contributed by atoms with Gasteiger partial charge in [-0.15, -0.1) is 0 Å². The number of amides is 1. The first-order chi connectivity index (χ1) is 5.61. The Bertz CT molecular complexity index is 249. The SMILES string of the molecule is C=C1C2CC(=O)N(O)[C@H]1C[C@H]2C. The molecule has 3 nitrogen and oxygen atoms in total. The third kappa shape index (κ3) is 0.829. The lowest BCUT2D eigenvalue weighted by Gasteiger charge is -2.29. The van der Waals surface area contributed by atoms with Gasteiger partial charge in [0.25, 0.3) is 0 Å². The Morgan fingerprint density at radius 3 is 3.00 bits per heavy atom. The van der Waals surface area contributed by atoms with Gasteiger partial charge in [0.05, 0.1) is 6.04 Å². The Hall–Kier alpha value is -0.830. The topological polar surface area (TPSA) is 40.5 Å². The molecule has 1 N–H and O–H groups in total. The summed E-state index contributed by atoms with van der Waals surface area (Å²) in [7, 11) is 0. The van der Waals surface area contributed by atoms with Crippen LogP contribution in [0.5, 0.6) is 0 Å². The van der Waals surface area contributed by atoms with Crippen molar-refractivity contribution in [1.82, 2.24) is 5.06 Å². The van der Waals surface area contributed by atoms with E-state index < -0.39 is 0 Å². The van der Waals surface area contributed by atoms with Gasteiger partial charge in [0.2, 0.25) is 5.91 Å². The van der Waals surface area contributed by atoms with Crippen molar-refractivity contribution in [2.45, 2.75) is 25.8 Å². The van der Waals surface area contributed by atoms with Crippen LogP contribution in [0.4, 0.5) is 0 Å². The standard InChI is InChI=1S/C9H13NO2/c1-5-3-8-6(2)7(5)4-9(11)10(8)12/h5,7-8,12H,2-4H2,1H3/t5-,7?,8+/m1/s1. The monoisotopic (exact) mass is 167 g/mol. The van der Waals surface area contributed by atoms with Crippen molar-refractivity contribution in [1.29, 1.82) is 0 Å². The Morgan fingerprint density at radius 1 is 1.67 bits per heavy atom. The van der Waals surface area contributed by atoms with Gasteiger partial charge < -0.3 is 0 Å². The second-order valence-electron chi connectivity index (χ2n) is 3.85. The van der Waals surface area contributed by atoms with E-state index in [1.165, 1.54) is 0 Å². The van der Waals surface area contributed by atoms with E-state index in [0.29, 0.717) is 18.3 Å². The molecule has 2 aliphatic rings. The fraction of sp³-hybridized carbons (Fsp3) is 0.667. The summed E-state index contributed by atoms with van der Waals surface area (Å²) in [4.78, 5) is 11.2. The molecule has 1 amide bonds. The van der Waals surface area contributed by atoms with Gasteiger partial charge in [-0.1, -0.05) is 13.5 Å². The second-order valence-corrected chi connectivity index (χ2v) is 3.85. The molecule has 1 aliphatic heterocycles. The summed E-state index contributed by atoms with van der Waals surface area (Å²) >= 11 is 0. The molecule has 0 spiro atoms. The van der Waals surface area contributed by atoms with Crippen molar-refractivity contribution in [3.05, 3.63) is 12.2 Å². The molecule has 2 rings (SSSR count). The molecule has 12 heavy (non-hydrogen) atoms. The molecular weight excluding hydrogens is 154 g/mol. The molecule has 3 heteroatoms. The third-order valence-corrected chi connectivity index (χ3v) is 3.13. The van der Waals surface area contributed by atoms with Gasteiger partial charge in [0.15, 0.2) is 0 Å². The maximum atomic E-state index is 11.2. The minimum Gasteiger partial charge on any atom is -0.285 e. The Morgan fingerprint density at radius 2 is 2.33 bits per heavy atom. The third-order valence-electron chi connectivity index (χ3n) is 3.13. The fourth-order valence-corrected chi connectivity index (χ4v) is 2.33. The summed E-state index contributed by atoms with van der Waals surface area (Å²) in [5.41, 5.74) is 1.03. The maximum absolute atomic E-state index is 11.2. The van der Waals surface area contributed by atoms with Crippen molar-refractivity contribution < 1.29 is 10.0 Å². The predicted octanol–water partition coefficient (Wildman–Crippen LogP) is 1.19. The van der Waals surface area contributed by atoms with Crippen LogP contribution < -0.4 is 0 Å². The van der Waals surface area contributed by atoms with Crippen molar-refractivity contribution in [2.75, 3.05) is 0 Å². The van der Waals surface area contributed by atoms with E-state index in [0.717, 1.165) is 17.1 Å². The molecule has 1 saturated heterocycles. The highest BCUT2D eigenvalue weighted by Crippen LogP contribution is 2.43. The van der Waals surface area contributed by atoms with E-state index in [1.807, 2.05) is 0 Å². The molecule has 0 aromatic heterocycles. The maximum Gasteiger partial charge on any atom is 0.247 e. The number of hydrogen-bond donors (Lipinski definition) is 1. The number of hydrogen-bond acceptors (Lipinski definition) is 2. The molecule has 0 aromatic carbocycles. The molecule has 2 bridgehead atoms. The quantitative estimate of drug-likeness (QED) is 0.435. The fourth-order valence-electron chi connectivity index (χ4n) is 2.33. The lowest BCUT2D eigenvalue weighted by molar-refractivity contribution is -0.174. The van der Waals surface area contributed by atoms with Gasteiger partial charge in [-0.25, -0.2) is 5.06 Å². The highest BCUT2D eigenvalue weighted by molar-refractivity contribution is 5.78. The zero-order chi connectivity index (χ0) is 8.88. The van der Waals surface area contributed by atoms with Gasteiger partial charge in [0.1, 0.15) is 0 Å². The van der Waals surface area contributed by atoms with Crippen molar-refractivity contribution in [3.63, 3.8) is 0 Å². The Balaban J connectivity index is 2.31. The molecule has 0 aromatic rings. The highest BCUT2D eigenvalue weighted by Gasteiger charge is 2.45. The number of piperidine rings is 1. The van der Waals surface area contributed by atoms with E-state index in [-0.39, 0.29) is 11.9 Å². The van der Waals surface area contributed by atoms with Crippen LogP contribution in [0.15, 0.2) is 12.2 Å². The van der Waals surface area contributed by atoms with Gasteiger partial charge in [-0.2, -0.15) is 0 Å². The zero-order valence-electron chi connectivity index (χ0n) is 7.16. The van der Waals surface area contributed by atoms with Gasteiger partial charge in [0, 0.05) is 6.42 Å². The van der Waals surface area contributed by atoms with Crippen LogP contribution in [-0.2, 0) is 4.79 Å². The van der Waals surface area contributed by atoms with Gasteiger partial charge >= 0.3 is 0 Å². The molecule has 1 aliphatic carbocycles. The first-order valence-corrected chi connectivity index (χ1v) is 4.31. The van der Waals surface area contributed by atoms with E-state index in [1.54, 1.807) is 0 Å². The average Bonchev–Trinajstić information content (AvgIpc) is 2.23. The lowest BCUT2D eigenvalue weighted by Crippen LogP contribution is -2.41. The molecule has 1 heterocycles. The number of fused-ring (bicyclic) bond motifs is 2. The molecule has 1 saturated carbocycles. The van der Waals surface area contributed by atoms with E-state index in [9.17, 15) is 10.0 Å².